The summed E-state index contributed by atoms with van der Waals surface area (Å²) in [6.45, 7) is 1.61. The Labute approximate surface area is 197 Å². The molecule has 0 unspecified atom stereocenters. The minimum atomic E-state index is 0.0135. The summed E-state index contributed by atoms with van der Waals surface area (Å²) in [4.78, 5) is 16.1. The Bertz CT molecular complexity index is 1180. The van der Waals surface area contributed by atoms with E-state index in [9.17, 15) is 0 Å². The number of anilines is 3. The van der Waals surface area contributed by atoms with Crippen LogP contribution >= 0.6 is 23.2 Å². The van der Waals surface area contributed by atoms with Gasteiger partial charge in [0.1, 0.15) is 11.6 Å². The molecular weight excluding hydrogens is 445 g/mol. The zero-order chi connectivity index (χ0) is 22.5. The molecule has 3 aromatic rings. The number of nitrogen functional groups attached to an aromatic ring is 1. The van der Waals surface area contributed by atoms with Crippen molar-refractivity contribution in [1.29, 1.82) is 0 Å². The molecule has 0 saturated carbocycles. The summed E-state index contributed by atoms with van der Waals surface area (Å²) in [6.07, 6.45) is 4.67. The predicted octanol–water partition coefficient (Wildman–Crippen LogP) is 4.31. The standard InChI is InChI=1S/C23H25Cl2N7/c1-28-21-17(14-4-2-6-15(24)18(14)25)20(27)30-22(31-21)32-10-7-23(8-11-32)12-16-13(19(23)26)5-3-9-29-16/h2-6,9,19H,7-8,10-12,26H2,1H3,(H3,27,28,30,31)/t19-/m1/s1. The van der Waals surface area contributed by atoms with E-state index >= 15 is 0 Å². The molecule has 0 amide bonds. The van der Waals surface area contributed by atoms with Gasteiger partial charge in [-0.15, -0.1) is 0 Å². The van der Waals surface area contributed by atoms with Gasteiger partial charge in [0.2, 0.25) is 5.95 Å². The highest BCUT2D eigenvalue weighted by atomic mass is 35.5. The van der Waals surface area contributed by atoms with Gasteiger partial charge in [-0.1, -0.05) is 41.4 Å². The van der Waals surface area contributed by atoms with Crippen molar-refractivity contribution < 1.29 is 0 Å². The van der Waals surface area contributed by atoms with E-state index in [1.54, 1.807) is 13.1 Å². The Balaban J connectivity index is 1.41. The Hall–Kier alpha value is -2.61. The maximum absolute atomic E-state index is 6.68. The van der Waals surface area contributed by atoms with Crippen molar-refractivity contribution in [3.8, 4) is 11.1 Å². The number of rotatable bonds is 3. The molecule has 1 saturated heterocycles. The average molecular weight is 470 g/mol. The average Bonchev–Trinajstić information content (AvgIpc) is 3.07. The lowest BCUT2D eigenvalue weighted by Crippen LogP contribution is -2.45. The normalized spacial score (nSPS) is 19.2. The quantitative estimate of drug-likeness (QED) is 0.524. The summed E-state index contributed by atoms with van der Waals surface area (Å²) in [5.74, 6) is 1.58. The highest BCUT2D eigenvalue weighted by Crippen LogP contribution is 2.50. The van der Waals surface area contributed by atoms with Crippen LogP contribution in [0.15, 0.2) is 36.5 Å². The molecular formula is C23H25Cl2N7. The molecule has 5 N–H and O–H groups in total. The van der Waals surface area contributed by atoms with E-state index in [0.717, 1.165) is 38.0 Å². The third-order valence-electron chi connectivity index (χ3n) is 6.86. The lowest BCUT2D eigenvalue weighted by atomic mass is 9.73. The molecule has 32 heavy (non-hydrogen) atoms. The van der Waals surface area contributed by atoms with Gasteiger partial charge in [-0.05, 0) is 42.4 Å². The SMILES string of the molecule is CNc1nc(N2CCC3(CC2)Cc2ncccc2[C@H]3N)nc(N)c1-c1cccc(Cl)c1Cl. The molecule has 1 aromatic carbocycles. The van der Waals surface area contributed by atoms with Crippen LogP contribution in [0.4, 0.5) is 17.6 Å². The van der Waals surface area contributed by atoms with Gasteiger partial charge >= 0.3 is 0 Å². The first kappa shape index (κ1) is 21.2. The molecule has 1 aliphatic heterocycles. The van der Waals surface area contributed by atoms with Gasteiger partial charge in [-0.25, -0.2) is 0 Å². The third-order valence-corrected chi connectivity index (χ3v) is 7.68. The van der Waals surface area contributed by atoms with Crippen LogP contribution in [0, 0.1) is 5.41 Å². The summed E-state index contributed by atoms with van der Waals surface area (Å²) in [6, 6.07) is 9.52. The summed E-state index contributed by atoms with van der Waals surface area (Å²) < 4.78 is 0. The first-order valence-electron chi connectivity index (χ1n) is 10.7. The number of pyridine rings is 1. The van der Waals surface area contributed by atoms with Crippen molar-refractivity contribution in [1.82, 2.24) is 15.0 Å². The van der Waals surface area contributed by atoms with Crippen LogP contribution in [0.2, 0.25) is 10.0 Å². The van der Waals surface area contributed by atoms with Crippen molar-refractivity contribution in [2.24, 2.45) is 11.1 Å². The molecule has 0 bridgehead atoms. The van der Waals surface area contributed by atoms with Gasteiger partial charge in [0.25, 0.3) is 0 Å². The fourth-order valence-corrected chi connectivity index (χ4v) is 5.44. The maximum Gasteiger partial charge on any atom is 0.229 e. The number of fused-ring (bicyclic) bond motifs is 1. The monoisotopic (exact) mass is 469 g/mol. The second kappa shape index (κ2) is 8.06. The number of piperidine rings is 1. The summed E-state index contributed by atoms with van der Waals surface area (Å²) in [7, 11) is 1.81. The first-order chi connectivity index (χ1) is 15.4. The molecule has 2 aliphatic rings. The fourth-order valence-electron chi connectivity index (χ4n) is 5.05. The Morgan fingerprint density at radius 2 is 1.91 bits per heavy atom. The third kappa shape index (κ3) is 3.36. The highest BCUT2D eigenvalue weighted by molar-refractivity contribution is 6.43. The number of hydrogen-bond acceptors (Lipinski definition) is 7. The topological polar surface area (TPSA) is 106 Å². The van der Waals surface area contributed by atoms with Crippen molar-refractivity contribution in [3.05, 3.63) is 57.8 Å². The van der Waals surface area contributed by atoms with Gasteiger partial charge < -0.3 is 21.7 Å². The molecule has 1 aliphatic carbocycles. The van der Waals surface area contributed by atoms with E-state index in [1.165, 1.54) is 5.56 Å². The smallest absolute Gasteiger partial charge is 0.229 e. The Morgan fingerprint density at radius 3 is 2.62 bits per heavy atom. The van der Waals surface area contributed by atoms with Crippen molar-refractivity contribution >= 4 is 40.8 Å². The molecule has 0 radical (unpaired) electrons. The second-order valence-electron chi connectivity index (χ2n) is 8.53. The largest absolute Gasteiger partial charge is 0.383 e. The fraction of sp³-hybridized carbons (Fsp3) is 0.348. The minimum absolute atomic E-state index is 0.0135. The van der Waals surface area contributed by atoms with E-state index in [0.29, 0.717) is 38.8 Å². The van der Waals surface area contributed by atoms with Crippen LogP contribution < -0.4 is 21.7 Å². The zero-order valence-electron chi connectivity index (χ0n) is 17.8. The lowest BCUT2D eigenvalue weighted by Gasteiger charge is -2.42. The van der Waals surface area contributed by atoms with Crippen molar-refractivity contribution in [3.63, 3.8) is 0 Å². The Morgan fingerprint density at radius 1 is 1.12 bits per heavy atom. The molecule has 5 rings (SSSR count). The summed E-state index contributed by atoms with van der Waals surface area (Å²) in [5.41, 5.74) is 16.8. The maximum atomic E-state index is 6.68. The highest BCUT2D eigenvalue weighted by Gasteiger charge is 2.46. The molecule has 7 nitrogen and oxygen atoms in total. The number of aromatic nitrogens is 3. The van der Waals surface area contributed by atoms with E-state index in [-0.39, 0.29) is 11.5 Å². The van der Waals surface area contributed by atoms with Crippen LogP contribution in [0.25, 0.3) is 11.1 Å². The minimum Gasteiger partial charge on any atom is -0.383 e. The van der Waals surface area contributed by atoms with Crippen molar-refractivity contribution in [2.45, 2.75) is 25.3 Å². The van der Waals surface area contributed by atoms with Gasteiger partial charge in [0, 0.05) is 43.6 Å². The number of nitrogens with zero attached hydrogens (tertiary/aromatic N) is 4. The van der Waals surface area contributed by atoms with Crippen LogP contribution in [-0.4, -0.2) is 35.1 Å². The van der Waals surface area contributed by atoms with Crippen molar-refractivity contribution in [2.75, 3.05) is 36.1 Å². The molecule has 9 heteroatoms. The number of nitrogens with two attached hydrogens (primary N) is 2. The van der Waals surface area contributed by atoms with Crippen LogP contribution in [0.1, 0.15) is 30.1 Å². The van der Waals surface area contributed by atoms with E-state index < -0.39 is 0 Å². The van der Waals surface area contributed by atoms with Gasteiger partial charge in [0.05, 0.1) is 15.6 Å². The Kier molecular flexibility index (Phi) is 5.35. The molecule has 1 fully saturated rings. The van der Waals surface area contributed by atoms with E-state index in [4.69, 9.17) is 39.7 Å². The summed E-state index contributed by atoms with van der Waals surface area (Å²) in [5, 5.41) is 4.03. The van der Waals surface area contributed by atoms with Crippen LogP contribution in [0.5, 0.6) is 0 Å². The van der Waals surface area contributed by atoms with Gasteiger partial charge in [-0.3, -0.25) is 4.98 Å². The lowest BCUT2D eigenvalue weighted by molar-refractivity contribution is 0.186. The molecule has 3 heterocycles. The number of nitrogens with one attached hydrogen (secondary N) is 1. The molecule has 2 aromatic heterocycles. The van der Waals surface area contributed by atoms with Crippen LogP contribution in [0.3, 0.4) is 0 Å². The van der Waals surface area contributed by atoms with E-state index in [1.807, 2.05) is 24.4 Å². The molecule has 1 atom stereocenters. The summed E-state index contributed by atoms with van der Waals surface area (Å²) >= 11 is 12.7. The predicted molar refractivity (Wildman–Crippen MR) is 130 cm³/mol. The zero-order valence-corrected chi connectivity index (χ0v) is 19.3. The number of benzene rings is 1. The molecule has 1 spiro atoms. The number of halogens is 2. The first-order valence-corrected chi connectivity index (χ1v) is 11.4. The second-order valence-corrected chi connectivity index (χ2v) is 9.31. The van der Waals surface area contributed by atoms with Crippen LogP contribution in [-0.2, 0) is 6.42 Å². The number of hydrogen-bond donors (Lipinski definition) is 3. The van der Waals surface area contributed by atoms with Gasteiger partial charge in [0.15, 0.2) is 0 Å². The van der Waals surface area contributed by atoms with Gasteiger partial charge in [-0.2, -0.15) is 9.97 Å². The molecule has 166 valence electrons. The van der Waals surface area contributed by atoms with E-state index in [2.05, 4.69) is 26.3 Å².